The third-order valence-electron chi connectivity index (χ3n) is 6.18. The SMILES string of the molecule is CC1=[C]([Ti]([CH2]c2ccccc2)([CH2]c2ccccc2)[C]2=C(C)C=CC2)CC=C1. The van der Waals surface area contributed by atoms with Crippen molar-refractivity contribution in [3.05, 3.63) is 115 Å². The van der Waals surface area contributed by atoms with Gasteiger partial charge in [-0.2, -0.15) is 0 Å². The van der Waals surface area contributed by atoms with E-state index in [4.69, 9.17) is 0 Å². The first-order valence-corrected chi connectivity index (χ1v) is 13.8. The Kier molecular flexibility index (Phi) is 5.48. The number of rotatable bonds is 6. The summed E-state index contributed by atoms with van der Waals surface area (Å²) in [7, 11) is 0. The quantitative estimate of drug-likeness (QED) is 0.467. The van der Waals surface area contributed by atoms with Gasteiger partial charge in [-0.15, -0.1) is 0 Å². The summed E-state index contributed by atoms with van der Waals surface area (Å²) in [6.45, 7) is 4.68. The second-order valence-electron chi connectivity index (χ2n) is 7.94. The molecule has 2 aromatic carbocycles. The Bertz CT molecular complexity index is 847. The molecule has 0 nitrogen and oxygen atoms in total. The molecule has 0 saturated heterocycles. The van der Waals surface area contributed by atoms with Crippen molar-refractivity contribution in [1.29, 1.82) is 0 Å². The Labute approximate surface area is 167 Å². The molecule has 0 heterocycles. The minimum absolute atomic E-state index is 1.16. The van der Waals surface area contributed by atoms with Gasteiger partial charge in [0.25, 0.3) is 0 Å². The van der Waals surface area contributed by atoms with Crippen LogP contribution in [0.25, 0.3) is 0 Å². The number of hydrogen-bond acceptors (Lipinski definition) is 0. The van der Waals surface area contributed by atoms with Crippen LogP contribution in [-0.4, -0.2) is 0 Å². The van der Waals surface area contributed by atoms with E-state index in [1.165, 1.54) is 31.7 Å². The minimum atomic E-state index is -2.58. The van der Waals surface area contributed by atoms with Crippen LogP contribution in [0.1, 0.15) is 37.8 Å². The van der Waals surface area contributed by atoms with Crippen LogP contribution in [0.3, 0.4) is 0 Å². The van der Waals surface area contributed by atoms with Crippen molar-refractivity contribution in [3.63, 3.8) is 0 Å². The van der Waals surface area contributed by atoms with Crippen LogP contribution in [-0.2, 0) is 26.0 Å². The monoisotopic (exact) mass is 388 g/mol. The molecule has 0 spiro atoms. The topological polar surface area (TPSA) is 0 Å². The molecule has 2 aliphatic carbocycles. The van der Waals surface area contributed by atoms with Gasteiger partial charge in [0.05, 0.1) is 0 Å². The van der Waals surface area contributed by atoms with Gasteiger partial charge in [-0.25, -0.2) is 0 Å². The molecule has 2 aliphatic rings. The molecule has 0 N–H and O–H groups in total. The summed E-state index contributed by atoms with van der Waals surface area (Å²) in [5.74, 6) is 0. The van der Waals surface area contributed by atoms with Gasteiger partial charge in [-0.3, -0.25) is 0 Å². The van der Waals surface area contributed by atoms with E-state index in [1.807, 2.05) is 0 Å². The molecule has 0 amide bonds. The van der Waals surface area contributed by atoms with E-state index >= 15 is 0 Å². The van der Waals surface area contributed by atoms with E-state index in [9.17, 15) is 0 Å². The average Bonchev–Trinajstić information content (AvgIpc) is 3.31. The van der Waals surface area contributed by atoms with E-state index < -0.39 is 16.6 Å². The van der Waals surface area contributed by atoms with E-state index in [-0.39, 0.29) is 0 Å². The molecule has 0 atom stereocenters. The summed E-state index contributed by atoms with van der Waals surface area (Å²) in [6.07, 6.45) is 11.8. The van der Waals surface area contributed by atoms with Crippen LogP contribution < -0.4 is 0 Å². The van der Waals surface area contributed by atoms with Crippen molar-refractivity contribution < 1.29 is 16.6 Å². The molecular weight excluding hydrogens is 360 g/mol. The van der Waals surface area contributed by atoms with Gasteiger partial charge in [-0.05, 0) is 0 Å². The zero-order chi connectivity index (χ0) is 18.7. The fraction of sp³-hybridized carbons (Fsp3) is 0.231. The van der Waals surface area contributed by atoms with Crippen molar-refractivity contribution in [2.75, 3.05) is 0 Å². The van der Waals surface area contributed by atoms with Crippen molar-refractivity contribution in [2.45, 2.75) is 36.1 Å². The number of allylic oxidation sites excluding steroid dienone is 8. The van der Waals surface area contributed by atoms with Crippen molar-refractivity contribution in [1.82, 2.24) is 0 Å². The van der Waals surface area contributed by atoms with Crippen LogP contribution in [0.2, 0.25) is 0 Å². The molecule has 4 rings (SSSR count). The molecule has 136 valence electrons. The molecule has 0 fully saturated rings. The standard InChI is InChI=1S/2C7H7.2C6H7.Ti/c2*1-7-5-3-2-4-6-7;2*1-6-4-2-3-5-6;/h2*2-6H,1H2;2*2,4H,3H2,1H3;. The van der Waals surface area contributed by atoms with Gasteiger partial charge in [0.1, 0.15) is 0 Å². The molecule has 0 bridgehead atoms. The van der Waals surface area contributed by atoms with Crippen LogP contribution in [0.4, 0.5) is 0 Å². The van der Waals surface area contributed by atoms with Gasteiger partial charge in [0.15, 0.2) is 0 Å². The molecule has 0 aromatic heterocycles. The normalized spacial score (nSPS) is 16.7. The van der Waals surface area contributed by atoms with Gasteiger partial charge in [0.2, 0.25) is 0 Å². The Morgan fingerprint density at radius 2 is 1.04 bits per heavy atom. The maximum absolute atomic E-state index is 2.58. The first-order valence-electron chi connectivity index (χ1n) is 10.0. The van der Waals surface area contributed by atoms with Crippen molar-refractivity contribution in [2.24, 2.45) is 0 Å². The first kappa shape index (κ1) is 18.5. The van der Waals surface area contributed by atoms with Crippen LogP contribution in [0.5, 0.6) is 0 Å². The summed E-state index contributed by atoms with van der Waals surface area (Å²) in [5.41, 5.74) is 6.09. The third-order valence-corrected chi connectivity index (χ3v) is 14.8. The van der Waals surface area contributed by atoms with Crippen LogP contribution in [0.15, 0.2) is 104 Å². The summed E-state index contributed by atoms with van der Waals surface area (Å²) >= 11 is -2.58. The van der Waals surface area contributed by atoms with Crippen molar-refractivity contribution in [3.8, 4) is 0 Å². The number of benzene rings is 2. The molecule has 2 aromatic rings. The van der Waals surface area contributed by atoms with E-state index in [0.29, 0.717) is 0 Å². The molecule has 1 heteroatoms. The summed E-state index contributed by atoms with van der Waals surface area (Å²) in [6, 6.07) is 22.4. The third kappa shape index (κ3) is 3.75. The summed E-state index contributed by atoms with van der Waals surface area (Å²) in [5, 5.41) is 0. The van der Waals surface area contributed by atoms with Crippen LogP contribution in [0, 0.1) is 0 Å². The fourth-order valence-corrected chi connectivity index (χ4v) is 14.2. The Morgan fingerprint density at radius 3 is 1.37 bits per heavy atom. The van der Waals surface area contributed by atoms with Gasteiger partial charge >= 0.3 is 168 Å². The van der Waals surface area contributed by atoms with Gasteiger partial charge in [-0.1, -0.05) is 0 Å². The second-order valence-corrected chi connectivity index (χ2v) is 14.3. The molecule has 27 heavy (non-hydrogen) atoms. The van der Waals surface area contributed by atoms with Crippen molar-refractivity contribution >= 4 is 0 Å². The molecule has 0 unspecified atom stereocenters. The molecule has 0 radical (unpaired) electrons. The second kappa shape index (κ2) is 8.01. The molecular formula is C26H28Ti. The molecule has 0 aliphatic heterocycles. The average molecular weight is 388 g/mol. The summed E-state index contributed by atoms with van der Waals surface area (Å²) in [4.78, 5) is 0. The van der Waals surface area contributed by atoms with E-state index in [2.05, 4.69) is 98.8 Å². The predicted molar refractivity (Wildman–Crippen MR) is 113 cm³/mol. The summed E-state index contributed by atoms with van der Waals surface area (Å²) < 4.78 is 6.08. The van der Waals surface area contributed by atoms with E-state index in [0.717, 1.165) is 12.8 Å². The van der Waals surface area contributed by atoms with Crippen LogP contribution >= 0.6 is 0 Å². The van der Waals surface area contributed by atoms with Gasteiger partial charge < -0.3 is 0 Å². The number of hydrogen-bond donors (Lipinski definition) is 0. The van der Waals surface area contributed by atoms with Gasteiger partial charge in [0, 0.05) is 0 Å². The predicted octanol–water partition coefficient (Wildman–Crippen LogP) is 7.01. The Balaban J connectivity index is 1.88. The van der Waals surface area contributed by atoms with E-state index in [1.54, 1.807) is 7.76 Å². The Hall–Kier alpha value is -1.89. The molecule has 0 saturated carbocycles. The zero-order valence-electron chi connectivity index (χ0n) is 16.4. The zero-order valence-corrected chi connectivity index (χ0v) is 18.0. The maximum atomic E-state index is 2.39. The Morgan fingerprint density at radius 1 is 0.630 bits per heavy atom. The fourth-order valence-electron chi connectivity index (χ4n) is 4.94. The first-order chi connectivity index (χ1) is 13.2.